The van der Waals surface area contributed by atoms with Crippen LogP contribution in [-0.4, -0.2) is 129 Å². The molecule has 2 aliphatic heterocycles. The zero-order chi connectivity index (χ0) is 33.9. The summed E-state index contributed by atoms with van der Waals surface area (Å²) in [5.41, 5.74) is 0. The summed E-state index contributed by atoms with van der Waals surface area (Å²) in [6, 6.07) is 0. The minimum atomic E-state index is -1.74. The maximum absolute atomic E-state index is 11.2. The number of carbonyl (C=O) groups excluding carboxylic acids is 1. The van der Waals surface area contributed by atoms with Gasteiger partial charge in [-0.2, -0.15) is 0 Å². The summed E-state index contributed by atoms with van der Waals surface area (Å²) in [5, 5.41) is 70.4. The van der Waals surface area contributed by atoms with Crippen LogP contribution >= 0.6 is 0 Å². The average molecular weight is 667 g/mol. The molecule has 0 saturated carbocycles. The van der Waals surface area contributed by atoms with Gasteiger partial charge in [0.2, 0.25) is 0 Å². The van der Waals surface area contributed by atoms with Crippen molar-refractivity contribution >= 4 is 11.9 Å². The molecule has 10 atom stereocenters. The van der Waals surface area contributed by atoms with E-state index in [0.717, 1.165) is 51.9 Å². The lowest BCUT2D eigenvalue weighted by molar-refractivity contribution is -0.367. The van der Waals surface area contributed by atoms with Gasteiger partial charge in [0, 0.05) is 20.0 Å². The van der Waals surface area contributed by atoms with E-state index >= 15 is 0 Å². The summed E-state index contributed by atoms with van der Waals surface area (Å²) in [6.45, 7) is 0.405. The molecule has 0 aromatic rings. The summed E-state index contributed by atoms with van der Waals surface area (Å²) < 4.78 is 27.6. The van der Waals surface area contributed by atoms with Crippen molar-refractivity contribution in [1.29, 1.82) is 0 Å². The molecule has 0 bridgehead atoms. The van der Waals surface area contributed by atoms with Gasteiger partial charge in [0.05, 0.1) is 6.61 Å². The van der Waals surface area contributed by atoms with Crippen molar-refractivity contribution < 1.29 is 69.0 Å². The third-order valence-electron chi connectivity index (χ3n) is 8.55. The third kappa shape index (κ3) is 14.8. The van der Waals surface area contributed by atoms with Gasteiger partial charge >= 0.3 is 11.9 Å². The molecular weight excluding hydrogens is 608 g/mol. The Kier molecular flexibility index (Phi) is 20.3. The van der Waals surface area contributed by atoms with Gasteiger partial charge in [-0.3, -0.25) is 9.59 Å². The van der Waals surface area contributed by atoms with Crippen molar-refractivity contribution in [3.05, 3.63) is 0 Å². The van der Waals surface area contributed by atoms with Crippen LogP contribution in [0.5, 0.6) is 0 Å². The normalized spacial score (nSPS) is 31.5. The monoisotopic (exact) mass is 666 g/mol. The number of aliphatic hydroxyl groups excluding tert-OH is 6. The van der Waals surface area contributed by atoms with Crippen LogP contribution < -0.4 is 0 Å². The number of hydrogen-bond acceptors (Lipinski definition) is 13. The van der Waals surface area contributed by atoms with Crippen molar-refractivity contribution in [2.45, 2.75) is 171 Å². The molecule has 2 aliphatic rings. The van der Waals surface area contributed by atoms with E-state index in [0.29, 0.717) is 6.42 Å². The second-order valence-corrected chi connectivity index (χ2v) is 12.4. The quantitative estimate of drug-likeness (QED) is 0.0574. The summed E-state index contributed by atoms with van der Waals surface area (Å²) in [4.78, 5) is 21.7. The maximum Gasteiger partial charge on any atom is 0.303 e. The van der Waals surface area contributed by atoms with Gasteiger partial charge in [-0.05, 0) is 12.8 Å². The standard InChI is InChI=1S/C32H58O14/c1-21(34)43-20-23-26(38)27(39)29(41)31(45-23)46-30-28(40)25(37)22(19-33)44-32(30)42-18-16-14-12-10-8-6-4-2-3-5-7-9-11-13-15-17-24(35)36/h22-23,25-33,37-41H,2-20H2,1H3,(H,35,36)/t22-,23-,25-,26-,27+,28+,29-,30-,31+,32-/m1/s1. The van der Waals surface area contributed by atoms with Gasteiger partial charge < -0.3 is 59.4 Å². The molecule has 2 rings (SSSR count). The Bertz CT molecular complexity index is 831. The Labute approximate surface area is 271 Å². The highest BCUT2D eigenvalue weighted by Crippen LogP contribution is 2.30. The van der Waals surface area contributed by atoms with E-state index in [1.54, 1.807) is 0 Å². The van der Waals surface area contributed by atoms with E-state index in [-0.39, 0.29) is 13.0 Å². The number of aliphatic hydroxyl groups is 6. The topological polar surface area (TPSA) is 222 Å². The molecule has 0 aliphatic carbocycles. The lowest BCUT2D eigenvalue weighted by Gasteiger charge is -2.46. The van der Waals surface area contributed by atoms with E-state index in [1.165, 1.54) is 44.9 Å². The van der Waals surface area contributed by atoms with Crippen LogP contribution in [0.4, 0.5) is 0 Å². The lowest BCUT2D eigenvalue weighted by Crippen LogP contribution is -2.64. The van der Waals surface area contributed by atoms with Crippen molar-refractivity contribution in [1.82, 2.24) is 0 Å². The van der Waals surface area contributed by atoms with Crippen LogP contribution in [-0.2, 0) is 33.3 Å². The molecule has 14 heteroatoms. The van der Waals surface area contributed by atoms with E-state index in [9.17, 15) is 40.2 Å². The predicted octanol–water partition coefficient (Wildman–Crippen LogP) is 1.52. The number of rotatable bonds is 24. The summed E-state index contributed by atoms with van der Waals surface area (Å²) in [7, 11) is 0. The number of carbonyl (C=O) groups is 2. The minimum absolute atomic E-state index is 0.246. The van der Waals surface area contributed by atoms with Crippen molar-refractivity contribution in [2.24, 2.45) is 0 Å². The largest absolute Gasteiger partial charge is 0.481 e. The van der Waals surface area contributed by atoms with Gasteiger partial charge in [-0.15, -0.1) is 0 Å². The van der Waals surface area contributed by atoms with Crippen molar-refractivity contribution in [3.8, 4) is 0 Å². The van der Waals surface area contributed by atoms with E-state index in [2.05, 4.69) is 0 Å². The SMILES string of the molecule is CC(=O)OC[C@H]1O[C@@H](O[C@H]2[C@H](OCCCCCCCCCCCCCCCCCC(=O)O)O[C@H](CO)[C@@H](O)[C@@H]2O)[C@H](O)[C@@H](O)[C@@H]1O. The molecule has 0 spiro atoms. The molecule has 0 amide bonds. The first kappa shape index (κ1) is 40.7. The highest BCUT2D eigenvalue weighted by Gasteiger charge is 2.51. The maximum atomic E-state index is 11.2. The van der Waals surface area contributed by atoms with Gasteiger partial charge in [-0.1, -0.05) is 83.5 Å². The molecule has 2 saturated heterocycles. The fourth-order valence-electron chi connectivity index (χ4n) is 5.73. The van der Waals surface area contributed by atoms with Gasteiger partial charge in [0.25, 0.3) is 0 Å². The first-order valence-electron chi connectivity index (χ1n) is 17.0. The van der Waals surface area contributed by atoms with E-state index in [4.69, 9.17) is 28.8 Å². The second kappa shape index (κ2) is 23.0. The van der Waals surface area contributed by atoms with Crippen LogP contribution in [0.15, 0.2) is 0 Å². The number of unbranched alkanes of at least 4 members (excludes halogenated alkanes) is 14. The Morgan fingerprint density at radius 1 is 0.609 bits per heavy atom. The van der Waals surface area contributed by atoms with Crippen LogP contribution in [0.25, 0.3) is 0 Å². The summed E-state index contributed by atoms with van der Waals surface area (Å²) >= 11 is 0. The molecule has 46 heavy (non-hydrogen) atoms. The summed E-state index contributed by atoms with van der Waals surface area (Å²) in [5.74, 6) is -1.35. The zero-order valence-corrected chi connectivity index (χ0v) is 27.2. The molecule has 2 heterocycles. The smallest absolute Gasteiger partial charge is 0.303 e. The van der Waals surface area contributed by atoms with Crippen LogP contribution in [0.1, 0.15) is 110 Å². The van der Waals surface area contributed by atoms with Crippen molar-refractivity contribution in [2.75, 3.05) is 19.8 Å². The van der Waals surface area contributed by atoms with E-state index < -0.39 is 86.6 Å². The highest BCUT2D eigenvalue weighted by atomic mass is 16.8. The number of carboxylic acid groups (broad SMARTS) is 1. The number of carboxylic acids is 1. The van der Waals surface area contributed by atoms with Gasteiger partial charge in [0.15, 0.2) is 12.6 Å². The Hall–Kier alpha value is -1.46. The van der Waals surface area contributed by atoms with Gasteiger partial charge in [-0.25, -0.2) is 0 Å². The van der Waals surface area contributed by atoms with E-state index in [1.807, 2.05) is 0 Å². The molecule has 7 N–H and O–H groups in total. The van der Waals surface area contributed by atoms with Crippen LogP contribution in [0, 0.1) is 0 Å². The Morgan fingerprint density at radius 2 is 1.09 bits per heavy atom. The third-order valence-corrected chi connectivity index (χ3v) is 8.55. The number of hydrogen-bond donors (Lipinski definition) is 7. The molecule has 0 aromatic heterocycles. The fraction of sp³-hybridized carbons (Fsp3) is 0.938. The van der Waals surface area contributed by atoms with Crippen molar-refractivity contribution in [3.63, 3.8) is 0 Å². The first-order chi connectivity index (χ1) is 22.1. The molecular formula is C32H58O14. The highest BCUT2D eigenvalue weighted by molar-refractivity contribution is 5.66. The summed E-state index contributed by atoms with van der Waals surface area (Å²) in [6.07, 6.45) is 1.87. The molecule has 0 radical (unpaired) electrons. The molecule has 14 nitrogen and oxygen atoms in total. The molecule has 0 aromatic carbocycles. The minimum Gasteiger partial charge on any atom is -0.481 e. The van der Waals surface area contributed by atoms with Crippen LogP contribution in [0.3, 0.4) is 0 Å². The van der Waals surface area contributed by atoms with Crippen LogP contribution in [0.2, 0.25) is 0 Å². The Morgan fingerprint density at radius 3 is 1.59 bits per heavy atom. The number of esters is 1. The number of aliphatic carboxylic acids is 1. The average Bonchev–Trinajstić information content (AvgIpc) is 3.02. The first-order valence-corrected chi connectivity index (χ1v) is 17.0. The molecule has 270 valence electrons. The molecule has 2 fully saturated rings. The predicted molar refractivity (Wildman–Crippen MR) is 163 cm³/mol. The zero-order valence-electron chi connectivity index (χ0n) is 27.2. The number of ether oxygens (including phenoxy) is 5. The molecule has 0 unspecified atom stereocenters. The van der Waals surface area contributed by atoms with Gasteiger partial charge in [0.1, 0.15) is 55.4 Å². The second-order valence-electron chi connectivity index (χ2n) is 12.4. The lowest BCUT2D eigenvalue weighted by atomic mass is 9.97. The fourth-order valence-corrected chi connectivity index (χ4v) is 5.73. The Balaban J connectivity index is 1.65.